The van der Waals surface area contributed by atoms with Gasteiger partial charge in [0.1, 0.15) is 6.54 Å². The van der Waals surface area contributed by atoms with E-state index in [1.54, 1.807) is 31.2 Å². The van der Waals surface area contributed by atoms with Crippen molar-refractivity contribution in [2.24, 2.45) is 0 Å². The first-order chi connectivity index (χ1) is 8.15. The normalized spacial score (nSPS) is 13.8. The Morgan fingerprint density at radius 1 is 1.29 bits per heavy atom. The third-order valence-electron chi connectivity index (χ3n) is 2.47. The van der Waals surface area contributed by atoms with E-state index in [1.165, 1.54) is 0 Å². The van der Waals surface area contributed by atoms with E-state index in [0.717, 1.165) is 4.90 Å². The summed E-state index contributed by atoms with van der Waals surface area (Å²) in [5.74, 6) is -1.78. The van der Waals surface area contributed by atoms with E-state index in [9.17, 15) is 14.4 Å². The van der Waals surface area contributed by atoms with Gasteiger partial charge in [-0.05, 0) is 19.1 Å². The molecule has 0 fully saturated rings. The number of ether oxygens (including phenoxy) is 1. The topological polar surface area (TPSA) is 63.7 Å². The van der Waals surface area contributed by atoms with Gasteiger partial charge in [-0.2, -0.15) is 0 Å². The molecule has 1 aliphatic heterocycles. The van der Waals surface area contributed by atoms with Gasteiger partial charge in [0, 0.05) is 0 Å². The molecule has 1 heterocycles. The van der Waals surface area contributed by atoms with Gasteiger partial charge in [-0.25, -0.2) is 0 Å². The fourth-order valence-corrected chi connectivity index (χ4v) is 1.74. The average Bonchev–Trinajstić information content (AvgIpc) is 2.56. The molecule has 5 heteroatoms. The summed E-state index contributed by atoms with van der Waals surface area (Å²) in [4.78, 5) is 35.8. The van der Waals surface area contributed by atoms with Crippen LogP contribution in [0.3, 0.4) is 0 Å². The lowest BCUT2D eigenvalue weighted by Gasteiger charge is -2.14. The zero-order valence-electron chi connectivity index (χ0n) is 9.30. The summed E-state index contributed by atoms with van der Waals surface area (Å²) in [7, 11) is 0. The monoisotopic (exact) mass is 233 g/mol. The number of nitrogens with zero attached hydrogens (tertiary/aromatic N) is 1. The Labute approximate surface area is 98.0 Å². The molecule has 2 rings (SSSR count). The quantitative estimate of drug-likeness (QED) is 0.571. The number of hydrogen-bond acceptors (Lipinski definition) is 4. The molecule has 0 bridgehead atoms. The molecule has 0 saturated heterocycles. The van der Waals surface area contributed by atoms with Crippen LogP contribution in [0.4, 0.5) is 5.69 Å². The molecule has 0 aromatic heterocycles. The predicted molar refractivity (Wildman–Crippen MR) is 59.8 cm³/mol. The maximum atomic E-state index is 11.7. The molecule has 0 N–H and O–H groups in total. The van der Waals surface area contributed by atoms with Crippen LogP contribution in [0.1, 0.15) is 17.3 Å². The molecule has 0 radical (unpaired) electrons. The molecule has 0 saturated carbocycles. The Balaban J connectivity index is 2.27. The van der Waals surface area contributed by atoms with Crippen molar-refractivity contribution in [3.05, 3.63) is 29.8 Å². The molecular weight excluding hydrogens is 222 g/mol. The molecule has 1 amide bonds. The van der Waals surface area contributed by atoms with E-state index in [-0.39, 0.29) is 13.2 Å². The van der Waals surface area contributed by atoms with Crippen LogP contribution in [-0.4, -0.2) is 30.8 Å². The van der Waals surface area contributed by atoms with E-state index in [2.05, 4.69) is 0 Å². The molecule has 17 heavy (non-hydrogen) atoms. The van der Waals surface area contributed by atoms with E-state index in [1.807, 2.05) is 0 Å². The fourth-order valence-electron chi connectivity index (χ4n) is 1.74. The van der Waals surface area contributed by atoms with Crippen molar-refractivity contribution < 1.29 is 19.1 Å². The summed E-state index contributed by atoms with van der Waals surface area (Å²) < 4.78 is 4.76. The lowest BCUT2D eigenvalue weighted by atomic mass is 10.1. The van der Waals surface area contributed by atoms with E-state index in [4.69, 9.17) is 4.74 Å². The van der Waals surface area contributed by atoms with Crippen LogP contribution in [0.5, 0.6) is 0 Å². The number of carbonyl (C=O) groups is 3. The number of para-hydroxylation sites is 1. The van der Waals surface area contributed by atoms with Crippen molar-refractivity contribution in [2.45, 2.75) is 6.92 Å². The first-order valence-electron chi connectivity index (χ1n) is 5.26. The molecule has 1 aliphatic rings. The number of fused-ring (bicyclic) bond motifs is 1. The first-order valence-corrected chi connectivity index (χ1v) is 5.26. The lowest BCUT2D eigenvalue weighted by molar-refractivity contribution is -0.142. The van der Waals surface area contributed by atoms with E-state index < -0.39 is 17.7 Å². The summed E-state index contributed by atoms with van der Waals surface area (Å²) >= 11 is 0. The lowest BCUT2D eigenvalue weighted by Crippen LogP contribution is -2.35. The van der Waals surface area contributed by atoms with Crippen LogP contribution in [0.2, 0.25) is 0 Å². The molecule has 1 aromatic carbocycles. The van der Waals surface area contributed by atoms with Gasteiger partial charge >= 0.3 is 5.97 Å². The Kier molecular flexibility index (Phi) is 2.91. The number of benzene rings is 1. The minimum absolute atomic E-state index is 0.227. The molecule has 88 valence electrons. The maximum Gasteiger partial charge on any atom is 0.326 e. The third kappa shape index (κ3) is 1.91. The summed E-state index contributed by atoms with van der Waals surface area (Å²) in [5.41, 5.74) is 0.803. The van der Waals surface area contributed by atoms with Crippen LogP contribution in [0.25, 0.3) is 0 Å². The van der Waals surface area contributed by atoms with Gasteiger partial charge in [0.15, 0.2) is 0 Å². The van der Waals surface area contributed by atoms with Crippen molar-refractivity contribution in [3.63, 3.8) is 0 Å². The van der Waals surface area contributed by atoms with Gasteiger partial charge in [-0.15, -0.1) is 0 Å². The maximum absolute atomic E-state index is 11.7. The first kappa shape index (κ1) is 11.3. The molecule has 0 spiro atoms. The average molecular weight is 233 g/mol. The predicted octanol–water partition coefficient (Wildman–Crippen LogP) is 0.779. The van der Waals surface area contributed by atoms with Crippen molar-refractivity contribution in [1.29, 1.82) is 0 Å². The molecular formula is C12H11NO4. The number of ketones is 1. The second-order valence-electron chi connectivity index (χ2n) is 3.54. The molecule has 0 atom stereocenters. The SMILES string of the molecule is CCOC(=O)CN1C(=O)C(=O)c2ccccc21. The number of amides is 1. The Morgan fingerprint density at radius 2 is 2.00 bits per heavy atom. The molecule has 0 aliphatic carbocycles. The number of rotatable bonds is 3. The zero-order valence-corrected chi connectivity index (χ0v) is 9.30. The van der Waals surface area contributed by atoms with Crippen molar-refractivity contribution in [1.82, 2.24) is 0 Å². The fraction of sp³-hybridized carbons (Fsp3) is 0.250. The highest BCUT2D eigenvalue weighted by Gasteiger charge is 2.36. The van der Waals surface area contributed by atoms with Crippen LogP contribution in [-0.2, 0) is 14.3 Å². The summed E-state index contributed by atoms with van der Waals surface area (Å²) in [6.07, 6.45) is 0. The highest BCUT2D eigenvalue weighted by Crippen LogP contribution is 2.27. The van der Waals surface area contributed by atoms with E-state index >= 15 is 0 Å². The van der Waals surface area contributed by atoms with Gasteiger partial charge < -0.3 is 4.74 Å². The third-order valence-corrected chi connectivity index (χ3v) is 2.47. The largest absolute Gasteiger partial charge is 0.465 e. The van der Waals surface area contributed by atoms with Gasteiger partial charge in [-0.1, -0.05) is 12.1 Å². The highest BCUT2D eigenvalue weighted by atomic mass is 16.5. The second-order valence-corrected chi connectivity index (χ2v) is 3.54. The minimum atomic E-state index is -0.681. The van der Waals surface area contributed by atoms with Crippen LogP contribution in [0, 0.1) is 0 Å². The minimum Gasteiger partial charge on any atom is -0.465 e. The van der Waals surface area contributed by atoms with Gasteiger partial charge in [0.05, 0.1) is 17.9 Å². The Bertz CT molecular complexity index is 495. The second kappa shape index (κ2) is 4.37. The number of hydrogen-bond donors (Lipinski definition) is 0. The molecule has 5 nitrogen and oxygen atoms in total. The Morgan fingerprint density at radius 3 is 2.71 bits per heavy atom. The number of carbonyl (C=O) groups excluding carboxylic acids is 3. The van der Waals surface area contributed by atoms with Crippen LogP contribution in [0.15, 0.2) is 24.3 Å². The Hall–Kier alpha value is -2.17. The zero-order chi connectivity index (χ0) is 12.4. The number of esters is 1. The summed E-state index contributed by atoms with van der Waals surface area (Å²) in [6.45, 7) is 1.70. The molecule has 0 unspecified atom stereocenters. The van der Waals surface area contributed by atoms with Gasteiger partial charge in [-0.3, -0.25) is 19.3 Å². The standard InChI is InChI=1S/C12H11NO4/c1-2-17-10(14)7-13-9-6-4-3-5-8(9)11(15)12(13)16/h3-6H,2,7H2,1H3. The van der Waals surface area contributed by atoms with Crippen molar-refractivity contribution in [3.8, 4) is 0 Å². The summed E-state index contributed by atoms with van der Waals surface area (Å²) in [5, 5.41) is 0. The van der Waals surface area contributed by atoms with E-state index in [0.29, 0.717) is 11.3 Å². The smallest absolute Gasteiger partial charge is 0.326 e. The van der Waals surface area contributed by atoms with Gasteiger partial charge in [0.2, 0.25) is 0 Å². The number of anilines is 1. The van der Waals surface area contributed by atoms with Crippen LogP contribution < -0.4 is 4.90 Å². The van der Waals surface area contributed by atoms with Crippen molar-refractivity contribution >= 4 is 23.3 Å². The molecule has 1 aromatic rings. The van der Waals surface area contributed by atoms with Crippen molar-refractivity contribution in [2.75, 3.05) is 18.1 Å². The van der Waals surface area contributed by atoms with Crippen LogP contribution >= 0.6 is 0 Å². The highest BCUT2D eigenvalue weighted by molar-refractivity contribution is 6.52. The van der Waals surface area contributed by atoms with Gasteiger partial charge in [0.25, 0.3) is 11.7 Å². The number of Topliss-reactive ketones (excluding diaryl/α,β-unsaturated/α-hetero) is 1. The summed E-state index contributed by atoms with van der Waals surface area (Å²) in [6, 6.07) is 6.60.